The van der Waals surface area contributed by atoms with E-state index < -0.39 is 21.8 Å². The van der Waals surface area contributed by atoms with Crippen molar-refractivity contribution in [3.8, 4) is 5.75 Å². The first-order chi connectivity index (χ1) is 20.6. The molecule has 43 heavy (non-hydrogen) atoms. The minimum Gasteiger partial charge on any atom is -0.493 e. The number of aromatic nitrogens is 2. The minimum atomic E-state index is -3.86. The van der Waals surface area contributed by atoms with Gasteiger partial charge >= 0.3 is 0 Å². The number of ether oxygens (including phenoxy) is 1. The first kappa shape index (κ1) is 30.2. The molecule has 1 atom stereocenters. The average Bonchev–Trinajstić information content (AvgIpc) is 3.64. The highest BCUT2D eigenvalue weighted by Gasteiger charge is 2.34. The number of carbonyl (C=O) groups is 2. The highest BCUT2D eigenvalue weighted by molar-refractivity contribution is 7.89. The number of rotatable bonds is 11. The third kappa shape index (κ3) is 6.41. The molecule has 0 aliphatic carbocycles. The number of benzene rings is 3. The number of hydrogen-bond acceptors (Lipinski definition) is 7. The molecule has 1 aromatic heterocycles. The Morgan fingerprint density at radius 2 is 1.86 bits per heavy atom. The van der Waals surface area contributed by atoms with Crippen molar-refractivity contribution in [2.45, 2.75) is 37.2 Å². The Balaban J connectivity index is 1.48. The van der Waals surface area contributed by atoms with E-state index in [0.717, 1.165) is 12.0 Å². The van der Waals surface area contributed by atoms with E-state index in [1.807, 2.05) is 60.8 Å². The van der Waals surface area contributed by atoms with Crippen molar-refractivity contribution < 1.29 is 22.7 Å². The summed E-state index contributed by atoms with van der Waals surface area (Å²) in [6, 6.07) is 17.4. The number of hydrogen-bond donors (Lipinski definition) is 2. The van der Waals surface area contributed by atoms with E-state index in [1.54, 1.807) is 18.5 Å². The van der Waals surface area contributed by atoms with Gasteiger partial charge in [-0.2, -0.15) is 4.31 Å². The Labute approximate surface area is 251 Å². The fourth-order valence-electron chi connectivity index (χ4n) is 5.19. The fraction of sp³-hybridized carbons (Fsp3) is 0.323. The molecule has 1 aliphatic heterocycles. The summed E-state index contributed by atoms with van der Waals surface area (Å²) in [6.07, 6.45) is 3.07. The van der Waals surface area contributed by atoms with Crippen LogP contribution in [0.2, 0.25) is 0 Å². The van der Waals surface area contributed by atoms with Gasteiger partial charge in [0, 0.05) is 25.7 Å². The van der Waals surface area contributed by atoms with Crippen LogP contribution >= 0.6 is 0 Å². The van der Waals surface area contributed by atoms with Crippen molar-refractivity contribution in [3.63, 3.8) is 0 Å². The molecule has 12 heteroatoms. The molecule has 1 aliphatic rings. The Bertz CT molecular complexity index is 1750. The summed E-state index contributed by atoms with van der Waals surface area (Å²) in [5, 5.41) is 2.76. The molecular formula is C31H36N6O5S. The van der Waals surface area contributed by atoms with E-state index in [4.69, 9.17) is 10.5 Å². The maximum Gasteiger partial charge on any atom is 0.259 e. The third-order valence-electron chi connectivity index (χ3n) is 7.62. The van der Waals surface area contributed by atoms with Gasteiger partial charge in [0.2, 0.25) is 10.0 Å². The lowest BCUT2D eigenvalue weighted by Gasteiger charge is -2.21. The molecule has 11 nitrogen and oxygen atoms in total. The summed E-state index contributed by atoms with van der Waals surface area (Å²) >= 11 is 0. The number of nitrogens with one attached hydrogen (secondary N) is 1. The highest BCUT2D eigenvalue weighted by Crippen LogP contribution is 2.30. The van der Waals surface area contributed by atoms with Gasteiger partial charge in [0.05, 0.1) is 45.7 Å². The van der Waals surface area contributed by atoms with Gasteiger partial charge < -0.3 is 25.3 Å². The smallest absolute Gasteiger partial charge is 0.259 e. The molecule has 1 saturated heterocycles. The summed E-state index contributed by atoms with van der Waals surface area (Å²) in [7, 11) is -0.0103. The lowest BCUT2D eigenvalue weighted by atomic mass is 10.1. The molecule has 0 spiro atoms. The largest absolute Gasteiger partial charge is 0.493 e. The van der Waals surface area contributed by atoms with Crippen LogP contribution in [-0.2, 0) is 16.6 Å². The van der Waals surface area contributed by atoms with Gasteiger partial charge in [-0.15, -0.1) is 0 Å². The second kappa shape index (κ2) is 12.5. The van der Waals surface area contributed by atoms with E-state index in [-0.39, 0.29) is 33.5 Å². The fourth-order valence-corrected chi connectivity index (χ4v) is 6.71. The topological polar surface area (TPSA) is 140 Å². The molecule has 226 valence electrons. The van der Waals surface area contributed by atoms with Crippen molar-refractivity contribution in [1.29, 1.82) is 0 Å². The highest BCUT2D eigenvalue weighted by atomic mass is 32.2. The third-order valence-corrected chi connectivity index (χ3v) is 9.48. The summed E-state index contributed by atoms with van der Waals surface area (Å²) in [6.45, 7) is 3.55. The standard InChI is InChI=1S/C31H36N6O5S/c1-4-14-42-29-11-10-23(43(40,41)37-13-12-22(19-37)35(2)3)15-25(29)31(39)34-26-17-27-28(16-24(26)30(32)38)36(20-33-27)18-21-8-6-5-7-9-21/h5-11,15-17,20,22H,4,12-14,18-19H2,1-3H3,(H2,32,38)(H,34,39)/t22-/m1/s1. The zero-order valence-electron chi connectivity index (χ0n) is 24.5. The quantitative estimate of drug-likeness (QED) is 0.267. The van der Waals surface area contributed by atoms with E-state index in [2.05, 4.69) is 10.3 Å². The summed E-state index contributed by atoms with van der Waals surface area (Å²) in [5.74, 6) is -1.13. The number of primary amides is 1. The zero-order valence-corrected chi connectivity index (χ0v) is 25.3. The molecule has 2 amide bonds. The monoisotopic (exact) mass is 604 g/mol. The number of carbonyl (C=O) groups excluding carboxylic acids is 2. The second-order valence-electron chi connectivity index (χ2n) is 10.8. The Hall–Kier alpha value is -4.26. The molecule has 3 N–H and O–H groups in total. The van der Waals surface area contributed by atoms with Crippen LogP contribution in [0.4, 0.5) is 5.69 Å². The van der Waals surface area contributed by atoms with Crippen LogP contribution in [0.3, 0.4) is 0 Å². The molecule has 0 radical (unpaired) electrons. The number of anilines is 1. The van der Waals surface area contributed by atoms with Crippen LogP contribution < -0.4 is 15.8 Å². The van der Waals surface area contributed by atoms with E-state index in [9.17, 15) is 18.0 Å². The molecule has 3 aromatic carbocycles. The summed E-state index contributed by atoms with van der Waals surface area (Å²) in [4.78, 5) is 32.7. The van der Waals surface area contributed by atoms with Gasteiger partial charge in [-0.25, -0.2) is 13.4 Å². The number of likely N-dealkylation sites (N-methyl/N-ethyl adjacent to an activating group) is 1. The van der Waals surface area contributed by atoms with Crippen molar-refractivity contribution >= 4 is 38.6 Å². The molecule has 4 aromatic rings. The van der Waals surface area contributed by atoms with Gasteiger partial charge in [-0.3, -0.25) is 9.59 Å². The Morgan fingerprint density at radius 1 is 1.09 bits per heavy atom. The van der Waals surface area contributed by atoms with Gasteiger partial charge in [-0.05, 0) is 62.8 Å². The predicted octanol–water partition coefficient (Wildman–Crippen LogP) is 3.55. The normalized spacial score (nSPS) is 15.7. The lowest BCUT2D eigenvalue weighted by molar-refractivity contribution is 0.100. The molecule has 5 rings (SSSR count). The van der Waals surface area contributed by atoms with Crippen LogP contribution in [-0.4, -0.2) is 78.8 Å². The van der Waals surface area contributed by atoms with Crippen molar-refractivity contribution in [3.05, 3.63) is 83.7 Å². The summed E-state index contributed by atoms with van der Waals surface area (Å²) < 4.78 is 36.2. The van der Waals surface area contributed by atoms with Crippen LogP contribution in [0.5, 0.6) is 5.75 Å². The van der Waals surface area contributed by atoms with Crippen molar-refractivity contribution in [1.82, 2.24) is 18.8 Å². The van der Waals surface area contributed by atoms with E-state index >= 15 is 0 Å². The van der Waals surface area contributed by atoms with E-state index in [0.29, 0.717) is 43.7 Å². The number of sulfonamides is 1. The van der Waals surface area contributed by atoms with Gasteiger partial charge in [0.25, 0.3) is 11.8 Å². The van der Waals surface area contributed by atoms with Crippen LogP contribution in [0.15, 0.2) is 71.9 Å². The number of fused-ring (bicyclic) bond motifs is 1. The maximum atomic E-state index is 13.7. The van der Waals surface area contributed by atoms with Crippen LogP contribution in [0.1, 0.15) is 46.0 Å². The average molecular weight is 605 g/mol. The molecular weight excluding hydrogens is 568 g/mol. The number of nitrogens with two attached hydrogens (primary N) is 1. The van der Waals surface area contributed by atoms with E-state index in [1.165, 1.54) is 22.5 Å². The Morgan fingerprint density at radius 3 is 2.53 bits per heavy atom. The lowest BCUT2D eigenvalue weighted by Crippen LogP contribution is -2.34. The SMILES string of the molecule is CCCOc1ccc(S(=O)(=O)N2CC[C@@H](N(C)C)C2)cc1C(=O)Nc1cc2ncn(Cc3ccccc3)c2cc1C(N)=O. The molecule has 0 saturated carbocycles. The van der Waals surface area contributed by atoms with Crippen LogP contribution in [0.25, 0.3) is 11.0 Å². The molecule has 0 unspecified atom stereocenters. The maximum absolute atomic E-state index is 13.7. The molecule has 1 fully saturated rings. The van der Waals surface area contributed by atoms with Gasteiger partial charge in [0.15, 0.2) is 0 Å². The van der Waals surface area contributed by atoms with Crippen LogP contribution in [0, 0.1) is 0 Å². The second-order valence-corrected chi connectivity index (χ2v) is 12.8. The first-order valence-corrected chi connectivity index (χ1v) is 15.6. The zero-order chi connectivity index (χ0) is 30.7. The van der Waals surface area contributed by atoms with Gasteiger partial charge in [-0.1, -0.05) is 37.3 Å². The predicted molar refractivity (Wildman–Crippen MR) is 165 cm³/mol. The molecule has 0 bridgehead atoms. The molecule has 2 heterocycles. The first-order valence-electron chi connectivity index (χ1n) is 14.2. The van der Waals surface area contributed by atoms with Gasteiger partial charge in [0.1, 0.15) is 5.75 Å². The number of nitrogens with zero attached hydrogens (tertiary/aromatic N) is 4. The number of imidazole rings is 1. The number of amides is 2. The van der Waals surface area contributed by atoms with Crippen molar-refractivity contribution in [2.24, 2.45) is 5.73 Å². The minimum absolute atomic E-state index is 0.00821. The Kier molecular flexibility index (Phi) is 8.81. The summed E-state index contributed by atoms with van der Waals surface area (Å²) in [5.41, 5.74) is 8.32. The van der Waals surface area contributed by atoms with Crippen molar-refractivity contribution in [2.75, 3.05) is 39.1 Å².